The number of nitrogens with two attached hydrogens (primary N) is 1. The molecule has 2 N–H and O–H groups in total. The van der Waals surface area contributed by atoms with Crippen molar-refractivity contribution in [2.45, 2.75) is 19.4 Å². The molecule has 0 spiro atoms. The van der Waals surface area contributed by atoms with E-state index in [1.165, 1.54) is 0 Å². The monoisotopic (exact) mass is 333 g/mol. The van der Waals surface area contributed by atoms with Crippen LogP contribution in [-0.2, 0) is 13.5 Å². The molecule has 0 aliphatic rings. The Kier molecular flexibility index (Phi) is 3.92. The molecular weight excluding hydrogens is 322 g/mol. The van der Waals surface area contributed by atoms with Crippen LogP contribution in [0.2, 0.25) is 5.02 Å². The van der Waals surface area contributed by atoms with Crippen LogP contribution < -0.4 is 5.73 Å². The molecule has 2 aromatic rings. The standard InChI is InChI=1S/C11H13BrClN3S/c1-6-11(13)9(16(2)15-6)4-8(14)7-3-10(12)17-5-7/h3,5,8H,4,14H2,1-2H3. The second-order valence-electron chi connectivity index (χ2n) is 3.96. The van der Waals surface area contributed by atoms with E-state index in [-0.39, 0.29) is 6.04 Å². The minimum absolute atomic E-state index is 0.0511. The first-order valence-corrected chi connectivity index (χ1v) is 7.21. The lowest BCUT2D eigenvalue weighted by molar-refractivity contribution is 0.641. The number of aromatic nitrogens is 2. The Hall–Kier alpha value is -0.360. The van der Waals surface area contributed by atoms with Gasteiger partial charge in [0.1, 0.15) is 0 Å². The molecule has 0 aliphatic carbocycles. The number of hydrogen-bond acceptors (Lipinski definition) is 3. The predicted octanol–water partition coefficient (Wildman–Crippen LogP) is 3.45. The zero-order valence-electron chi connectivity index (χ0n) is 9.58. The summed E-state index contributed by atoms with van der Waals surface area (Å²) in [6, 6.07) is 2.00. The summed E-state index contributed by atoms with van der Waals surface area (Å²) in [6.45, 7) is 1.90. The molecule has 1 unspecified atom stereocenters. The van der Waals surface area contributed by atoms with Gasteiger partial charge in [-0.1, -0.05) is 11.6 Å². The van der Waals surface area contributed by atoms with Crippen LogP contribution in [0.25, 0.3) is 0 Å². The predicted molar refractivity (Wildman–Crippen MR) is 75.6 cm³/mol. The van der Waals surface area contributed by atoms with Crippen molar-refractivity contribution in [3.63, 3.8) is 0 Å². The van der Waals surface area contributed by atoms with Gasteiger partial charge in [0.2, 0.25) is 0 Å². The number of halogens is 2. The number of aryl methyl sites for hydroxylation is 2. The van der Waals surface area contributed by atoms with E-state index in [1.807, 2.05) is 20.0 Å². The zero-order chi connectivity index (χ0) is 12.6. The van der Waals surface area contributed by atoms with E-state index >= 15 is 0 Å². The number of rotatable bonds is 3. The van der Waals surface area contributed by atoms with Crippen LogP contribution in [0.4, 0.5) is 0 Å². The second-order valence-corrected chi connectivity index (χ2v) is 6.63. The van der Waals surface area contributed by atoms with Crippen LogP contribution in [0.5, 0.6) is 0 Å². The van der Waals surface area contributed by atoms with Crippen LogP contribution in [0.15, 0.2) is 15.2 Å². The highest BCUT2D eigenvalue weighted by Gasteiger charge is 2.16. The van der Waals surface area contributed by atoms with Crippen molar-refractivity contribution in [3.8, 4) is 0 Å². The van der Waals surface area contributed by atoms with Crippen molar-refractivity contribution < 1.29 is 0 Å². The number of thiophene rings is 1. The van der Waals surface area contributed by atoms with E-state index < -0.39 is 0 Å². The van der Waals surface area contributed by atoms with Gasteiger partial charge in [0.25, 0.3) is 0 Å². The van der Waals surface area contributed by atoms with E-state index in [1.54, 1.807) is 16.0 Å². The third-order valence-corrected chi connectivity index (χ3v) is 4.71. The van der Waals surface area contributed by atoms with Crippen molar-refractivity contribution >= 4 is 38.9 Å². The van der Waals surface area contributed by atoms with Crippen LogP contribution in [0.1, 0.15) is 23.0 Å². The van der Waals surface area contributed by atoms with Gasteiger partial charge in [-0.2, -0.15) is 5.10 Å². The maximum Gasteiger partial charge on any atom is 0.0847 e. The smallest absolute Gasteiger partial charge is 0.0847 e. The summed E-state index contributed by atoms with van der Waals surface area (Å²) in [6.07, 6.45) is 0.694. The van der Waals surface area contributed by atoms with Crippen molar-refractivity contribution in [1.82, 2.24) is 9.78 Å². The van der Waals surface area contributed by atoms with Crippen LogP contribution in [0, 0.1) is 6.92 Å². The lowest BCUT2D eigenvalue weighted by atomic mass is 10.1. The topological polar surface area (TPSA) is 43.8 Å². The highest BCUT2D eigenvalue weighted by Crippen LogP contribution is 2.28. The first-order valence-electron chi connectivity index (χ1n) is 5.16. The van der Waals surface area contributed by atoms with Gasteiger partial charge in [-0.25, -0.2) is 0 Å². The van der Waals surface area contributed by atoms with Gasteiger partial charge in [0.05, 0.1) is 20.2 Å². The van der Waals surface area contributed by atoms with Crippen molar-refractivity contribution in [1.29, 1.82) is 0 Å². The third kappa shape index (κ3) is 2.73. The molecule has 0 fully saturated rings. The normalized spacial score (nSPS) is 13.0. The average molecular weight is 335 g/mol. The van der Waals surface area contributed by atoms with Crippen LogP contribution in [0.3, 0.4) is 0 Å². The Morgan fingerprint density at radius 3 is 2.82 bits per heavy atom. The summed E-state index contributed by atoms with van der Waals surface area (Å²) in [7, 11) is 1.89. The van der Waals surface area contributed by atoms with E-state index in [0.29, 0.717) is 6.42 Å². The summed E-state index contributed by atoms with van der Waals surface area (Å²) in [5, 5.41) is 7.07. The molecule has 0 aromatic carbocycles. The molecule has 2 heterocycles. The molecule has 0 radical (unpaired) electrons. The van der Waals surface area contributed by atoms with Gasteiger partial charge in [0, 0.05) is 19.5 Å². The zero-order valence-corrected chi connectivity index (χ0v) is 12.7. The fraction of sp³-hybridized carbons (Fsp3) is 0.364. The number of hydrogen-bond donors (Lipinski definition) is 1. The summed E-state index contributed by atoms with van der Waals surface area (Å²) in [4.78, 5) is 0. The fourth-order valence-corrected chi connectivity index (χ4v) is 3.22. The molecule has 0 saturated heterocycles. The maximum atomic E-state index is 6.21. The molecular formula is C11H13BrClN3S. The molecule has 92 valence electrons. The van der Waals surface area contributed by atoms with Gasteiger partial charge in [-0.3, -0.25) is 4.68 Å². The Labute approximate surface area is 118 Å². The Morgan fingerprint density at radius 1 is 1.65 bits per heavy atom. The quantitative estimate of drug-likeness (QED) is 0.934. The summed E-state index contributed by atoms with van der Waals surface area (Å²) in [5.74, 6) is 0. The lowest BCUT2D eigenvalue weighted by Gasteiger charge is -2.10. The highest BCUT2D eigenvalue weighted by atomic mass is 79.9. The van der Waals surface area contributed by atoms with Gasteiger partial charge in [-0.15, -0.1) is 11.3 Å². The van der Waals surface area contributed by atoms with Crippen molar-refractivity contribution in [2.75, 3.05) is 0 Å². The molecule has 3 nitrogen and oxygen atoms in total. The third-order valence-electron chi connectivity index (χ3n) is 2.69. The highest BCUT2D eigenvalue weighted by molar-refractivity contribution is 9.11. The van der Waals surface area contributed by atoms with E-state index in [4.69, 9.17) is 17.3 Å². The Morgan fingerprint density at radius 2 is 2.35 bits per heavy atom. The Bertz CT molecular complexity index is 535. The van der Waals surface area contributed by atoms with E-state index in [0.717, 1.165) is 25.8 Å². The van der Waals surface area contributed by atoms with Crippen LogP contribution >= 0.6 is 38.9 Å². The van der Waals surface area contributed by atoms with Gasteiger partial charge in [-0.05, 0) is 39.9 Å². The maximum absolute atomic E-state index is 6.21. The molecule has 0 aliphatic heterocycles. The van der Waals surface area contributed by atoms with Gasteiger partial charge >= 0.3 is 0 Å². The second kappa shape index (κ2) is 5.10. The van der Waals surface area contributed by atoms with Crippen molar-refractivity contribution in [2.24, 2.45) is 12.8 Å². The molecule has 0 bridgehead atoms. The summed E-state index contributed by atoms with van der Waals surface area (Å²) >= 11 is 11.3. The average Bonchev–Trinajstić information content (AvgIpc) is 2.79. The molecule has 1 atom stereocenters. The molecule has 2 rings (SSSR count). The molecule has 2 aromatic heterocycles. The summed E-state index contributed by atoms with van der Waals surface area (Å²) in [5.41, 5.74) is 9.13. The van der Waals surface area contributed by atoms with Crippen molar-refractivity contribution in [3.05, 3.63) is 37.2 Å². The van der Waals surface area contributed by atoms with E-state index in [2.05, 4.69) is 26.4 Å². The molecule has 17 heavy (non-hydrogen) atoms. The number of nitrogens with zero attached hydrogens (tertiary/aromatic N) is 2. The first-order chi connectivity index (χ1) is 7.99. The molecule has 6 heteroatoms. The molecule has 0 saturated carbocycles. The summed E-state index contributed by atoms with van der Waals surface area (Å²) < 4.78 is 2.90. The van der Waals surface area contributed by atoms with Gasteiger partial charge in [0.15, 0.2) is 0 Å². The van der Waals surface area contributed by atoms with E-state index in [9.17, 15) is 0 Å². The lowest BCUT2D eigenvalue weighted by Crippen LogP contribution is -2.14. The Balaban J connectivity index is 2.21. The SMILES string of the molecule is Cc1nn(C)c(CC(N)c2csc(Br)c2)c1Cl. The van der Waals surface area contributed by atoms with Crippen LogP contribution in [-0.4, -0.2) is 9.78 Å². The molecule has 0 amide bonds. The fourth-order valence-electron chi connectivity index (χ4n) is 1.75. The van der Waals surface area contributed by atoms with Gasteiger partial charge < -0.3 is 5.73 Å². The largest absolute Gasteiger partial charge is 0.324 e. The minimum atomic E-state index is -0.0511. The first kappa shape index (κ1) is 13.1. The minimum Gasteiger partial charge on any atom is -0.324 e.